The Morgan fingerprint density at radius 2 is 2.04 bits per heavy atom. The third-order valence-electron chi connectivity index (χ3n) is 3.76. The molecule has 128 valence electrons. The molecule has 0 bridgehead atoms. The molecule has 0 saturated heterocycles. The summed E-state index contributed by atoms with van der Waals surface area (Å²) in [5.74, 6) is -0.815. The summed E-state index contributed by atoms with van der Waals surface area (Å²) in [6.45, 7) is 1.88. The third kappa shape index (κ3) is 4.10. The minimum Gasteiger partial charge on any atom is -0.388 e. The average Bonchev–Trinajstić information content (AvgIpc) is 3.01. The van der Waals surface area contributed by atoms with Crippen LogP contribution in [0, 0.1) is 12.7 Å². The first kappa shape index (κ1) is 16.9. The summed E-state index contributed by atoms with van der Waals surface area (Å²) in [5, 5.41) is 17.3. The maximum Gasteiger partial charge on any atom is 0.227 e. The van der Waals surface area contributed by atoms with Gasteiger partial charge in [0.2, 0.25) is 5.91 Å². The van der Waals surface area contributed by atoms with Gasteiger partial charge in [-0.1, -0.05) is 24.3 Å². The molecule has 0 saturated carbocycles. The van der Waals surface area contributed by atoms with E-state index in [1.165, 1.54) is 18.2 Å². The number of aromatic nitrogens is 2. The Labute approximate surface area is 144 Å². The molecule has 1 aromatic heterocycles. The van der Waals surface area contributed by atoms with Crippen molar-refractivity contribution in [3.63, 3.8) is 0 Å². The number of benzene rings is 2. The normalized spacial score (nSPS) is 12.0. The van der Waals surface area contributed by atoms with Crippen molar-refractivity contribution in [2.45, 2.75) is 19.4 Å². The van der Waals surface area contributed by atoms with Crippen LogP contribution in [0.15, 0.2) is 60.8 Å². The monoisotopic (exact) mass is 339 g/mol. The summed E-state index contributed by atoms with van der Waals surface area (Å²) in [6, 6.07) is 14.7. The number of halogens is 1. The fourth-order valence-electron chi connectivity index (χ4n) is 2.54. The summed E-state index contributed by atoms with van der Waals surface area (Å²) in [4.78, 5) is 12.3. The highest BCUT2D eigenvalue weighted by molar-refractivity contribution is 5.93. The van der Waals surface area contributed by atoms with Gasteiger partial charge in [-0.3, -0.25) is 4.79 Å². The van der Waals surface area contributed by atoms with Crippen LogP contribution >= 0.6 is 0 Å². The van der Waals surface area contributed by atoms with E-state index in [9.17, 15) is 14.3 Å². The first-order chi connectivity index (χ1) is 12.0. The van der Waals surface area contributed by atoms with Crippen molar-refractivity contribution in [2.24, 2.45) is 0 Å². The lowest BCUT2D eigenvalue weighted by Crippen LogP contribution is -2.17. The molecule has 0 aliphatic carbocycles. The second-order valence-electron chi connectivity index (χ2n) is 5.74. The van der Waals surface area contributed by atoms with Gasteiger partial charge in [-0.15, -0.1) is 0 Å². The smallest absolute Gasteiger partial charge is 0.227 e. The molecule has 1 unspecified atom stereocenters. The van der Waals surface area contributed by atoms with E-state index in [0.29, 0.717) is 11.3 Å². The van der Waals surface area contributed by atoms with Crippen molar-refractivity contribution in [1.29, 1.82) is 0 Å². The molecule has 1 heterocycles. The molecule has 0 aliphatic rings. The van der Waals surface area contributed by atoms with Gasteiger partial charge >= 0.3 is 0 Å². The highest BCUT2D eigenvalue weighted by Gasteiger charge is 2.15. The van der Waals surface area contributed by atoms with E-state index in [2.05, 4.69) is 10.4 Å². The Bertz CT molecular complexity index is 892. The second-order valence-corrected chi connectivity index (χ2v) is 5.74. The van der Waals surface area contributed by atoms with E-state index < -0.39 is 11.9 Å². The summed E-state index contributed by atoms with van der Waals surface area (Å²) in [7, 11) is 0. The van der Waals surface area contributed by atoms with Gasteiger partial charge in [-0.05, 0) is 42.8 Å². The predicted octanol–water partition coefficient (Wildman–Crippen LogP) is 3.38. The Kier molecular flexibility index (Phi) is 4.90. The molecule has 3 aromatic rings. The van der Waals surface area contributed by atoms with Crippen LogP contribution in [0.2, 0.25) is 0 Å². The molecular formula is C19H18FN3O2. The van der Waals surface area contributed by atoms with E-state index in [1.807, 2.05) is 31.3 Å². The highest BCUT2D eigenvalue weighted by atomic mass is 19.1. The first-order valence-electron chi connectivity index (χ1n) is 7.88. The van der Waals surface area contributed by atoms with Crippen LogP contribution < -0.4 is 5.32 Å². The first-order valence-corrected chi connectivity index (χ1v) is 7.88. The minimum absolute atomic E-state index is 0.171. The molecule has 2 aromatic carbocycles. The average molecular weight is 339 g/mol. The largest absolute Gasteiger partial charge is 0.388 e. The topological polar surface area (TPSA) is 67.2 Å². The number of aliphatic hydroxyl groups excluding tert-OH is 1. The molecule has 0 radical (unpaired) electrons. The van der Waals surface area contributed by atoms with E-state index in [0.717, 1.165) is 11.4 Å². The number of para-hydroxylation sites is 2. The fraction of sp³-hybridized carbons (Fsp3) is 0.158. The number of hydrogen-bond donors (Lipinski definition) is 2. The number of amides is 1. The lowest BCUT2D eigenvalue weighted by molar-refractivity contribution is -0.118. The lowest BCUT2D eigenvalue weighted by atomic mass is 10.1. The van der Waals surface area contributed by atoms with E-state index in [4.69, 9.17) is 0 Å². The van der Waals surface area contributed by atoms with Gasteiger partial charge in [0.25, 0.3) is 0 Å². The molecule has 0 spiro atoms. The van der Waals surface area contributed by atoms with Crippen LogP contribution in [0.3, 0.4) is 0 Å². The number of nitrogens with one attached hydrogen (secondary N) is 1. The van der Waals surface area contributed by atoms with E-state index in [1.54, 1.807) is 22.9 Å². The summed E-state index contributed by atoms with van der Waals surface area (Å²) >= 11 is 0. The molecule has 6 heteroatoms. The molecule has 0 aliphatic heterocycles. The minimum atomic E-state index is -1.07. The molecule has 3 rings (SSSR count). The van der Waals surface area contributed by atoms with Crippen molar-refractivity contribution in [1.82, 2.24) is 9.78 Å². The number of nitrogens with zero attached hydrogens (tertiary/aromatic N) is 2. The Balaban J connectivity index is 1.73. The van der Waals surface area contributed by atoms with Crippen molar-refractivity contribution < 1.29 is 14.3 Å². The number of anilines is 1. The van der Waals surface area contributed by atoms with Crippen LogP contribution in [0.25, 0.3) is 5.69 Å². The zero-order valence-electron chi connectivity index (χ0n) is 13.7. The van der Waals surface area contributed by atoms with Crippen LogP contribution in [0.1, 0.15) is 23.8 Å². The molecular weight excluding hydrogens is 321 g/mol. The van der Waals surface area contributed by atoms with E-state index >= 15 is 0 Å². The van der Waals surface area contributed by atoms with Gasteiger partial charge in [0.1, 0.15) is 5.82 Å². The third-order valence-corrected chi connectivity index (χ3v) is 3.76. The number of carbonyl (C=O) groups is 1. The summed E-state index contributed by atoms with van der Waals surface area (Å²) in [5.41, 5.74) is 2.54. The van der Waals surface area contributed by atoms with Gasteiger partial charge < -0.3 is 10.4 Å². The van der Waals surface area contributed by atoms with Crippen molar-refractivity contribution in [3.05, 3.63) is 77.9 Å². The van der Waals surface area contributed by atoms with Gasteiger partial charge in [0.05, 0.1) is 29.6 Å². The quantitative estimate of drug-likeness (QED) is 0.749. The van der Waals surface area contributed by atoms with Crippen LogP contribution in [0.5, 0.6) is 0 Å². The van der Waals surface area contributed by atoms with Crippen molar-refractivity contribution in [3.8, 4) is 5.69 Å². The fourth-order valence-corrected chi connectivity index (χ4v) is 2.54. The maximum atomic E-state index is 13.2. The van der Waals surface area contributed by atoms with Crippen LogP contribution in [0.4, 0.5) is 10.1 Å². The Morgan fingerprint density at radius 1 is 1.24 bits per heavy atom. The zero-order valence-corrected chi connectivity index (χ0v) is 13.7. The summed E-state index contributed by atoms with van der Waals surface area (Å²) < 4.78 is 14.9. The summed E-state index contributed by atoms with van der Waals surface area (Å²) in [6.07, 6.45) is 0.562. The number of rotatable bonds is 5. The molecule has 1 amide bonds. The predicted molar refractivity (Wildman–Crippen MR) is 92.9 cm³/mol. The number of aliphatic hydroxyl groups is 1. The molecule has 5 nitrogen and oxygen atoms in total. The van der Waals surface area contributed by atoms with Gasteiger partial charge in [-0.25, -0.2) is 9.07 Å². The molecule has 1 atom stereocenters. The standard InChI is InChI=1S/C19H18FN3O2/c1-13-9-10-23(22-13)17-8-3-2-7-16(17)21-19(25)12-18(24)14-5-4-6-15(20)11-14/h2-11,18,24H,12H2,1H3,(H,21,25). The van der Waals surface area contributed by atoms with Crippen LogP contribution in [-0.4, -0.2) is 20.8 Å². The highest BCUT2D eigenvalue weighted by Crippen LogP contribution is 2.22. The maximum absolute atomic E-state index is 13.2. The van der Waals surface area contributed by atoms with Crippen LogP contribution in [-0.2, 0) is 4.79 Å². The van der Waals surface area contributed by atoms with Crippen molar-refractivity contribution in [2.75, 3.05) is 5.32 Å². The Morgan fingerprint density at radius 3 is 2.76 bits per heavy atom. The Hall–Kier alpha value is -2.99. The number of carbonyl (C=O) groups excluding carboxylic acids is 1. The lowest BCUT2D eigenvalue weighted by Gasteiger charge is -2.14. The van der Waals surface area contributed by atoms with Crippen molar-refractivity contribution >= 4 is 11.6 Å². The van der Waals surface area contributed by atoms with Gasteiger partial charge in [0, 0.05) is 6.20 Å². The number of aryl methyl sites for hydroxylation is 1. The van der Waals surface area contributed by atoms with Gasteiger partial charge in [0.15, 0.2) is 0 Å². The molecule has 0 fully saturated rings. The second kappa shape index (κ2) is 7.27. The molecule has 2 N–H and O–H groups in total. The molecule has 25 heavy (non-hydrogen) atoms. The zero-order chi connectivity index (χ0) is 17.8. The van der Waals surface area contributed by atoms with E-state index in [-0.39, 0.29) is 12.3 Å². The number of hydrogen-bond acceptors (Lipinski definition) is 3. The SMILES string of the molecule is Cc1ccn(-c2ccccc2NC(=O)CC(O)c2cccc(F)c2)n1. The van der Waals surface area contributed by atoms with Gasteiger partial charge in [-0.2, -0.15) is 5.10 Å².